The van der Waals surface area contributed by atoms with Gasteiger partial charge in [0, 0.05) is 6.42 Å². The van der Waals surface area contributed by atoms with Crippen LogP contribution in [0.5, 0.6) is 0 Å². The normalized spacial score (nSPS) is 20.0. The summed E-state index contributed by atoms with van der Waals surface area (Å²) in [5.74, 6) is -0.138. The van der Waals surface area contributed by atoms with Crippen LogP contribution in [0.3, 0.4) is 0 Å². The molecule has 63 heavy (non-hydrogen) atoms. The minimum absolute atomic E-state index is 0.132. The summed E-state index contributed by atoms with van der Waals surface area (Å²) in [6.07, 6.45) is 45.7. The van der Waals surface area contributed by atoms with Gasteiger partial charge < -0.3 is 40.3 Å². The van der Waals surface area contributed by atoms with E-state index in [-0.39, 0.29) is 12.5 Å². The first-order chi connectivity index (χ1) is 30.8. The maximum Gasteiger partial charge on any atom is 0.220 e. The Morgan fingerprint density at radius 1 is 0.476 bits per heavy atom. The summed E-state index contributed by atoms with van der Waals surface area (Å²) in [6, 6.07) is -0.712. The van der Waals surface area contributed by atoms with E-state index < -0.39 is 49.5 Å². The van der Waals surface area contributed by atoms with Crippen molar-refractivity contribution in [1.82, 2.24) is 5.32 Å². The van der Waals surface area contributed by atoms with E-state index in [1.54, 1.807) is 0 Å². The zero-order valence-corrected chi connectivity index (χ0v) is 41.6. The summed E-state index contributed by atoms with van der Waals surface area (Å²) in [6.45, 7) is 3.86. The van der Waals surface area contributed by atoms with Crippen LogP contribution in [0.2, 0.25) is 0 Å². The van der Waals surface area contributed by atoms with Crippen LogP contribution in [0, 0.1) is 0 Å². The first kappa shape index (κ1) is 60.2. The molecule has 6 N–H and O–H groups in total. The smallest absolute Gasteiger partial charge is 0.220 e. The van der Waals surface area contributed by atoms with Gasteiger partial charge in [0.2, 0.25) is 5.91 Å². The number of carbonyl (C=O) groups is 1. The lowest BCUT2D eigenvalue weighted by Crippen LogP contribution is -2.60. The number of nitrogens with one attached hydrogen (secondary N) is 1. The highest BCUT2D eigenvalue weighted by molar-refractivity contribution is 5.76. The summed E-state index contributed by atoms with van der Waals surface area (Å²) < 4.78 is 11.3. The third kappa shape index (κ3) is 35.1. The quantitative estimate of drug-likeness (QED) is 0.0331. The second-order valence-electron chi connectivity index (χ2n) is 19.7. The third-order valence-electron chi connectivity index (χ3n) is 13.7. The van der Waals surface area contributed by atoms with Gasteiger partial charge in [-0.2, -0.15) is 0 Å². The van der Waals surface area contributed by atoms with Crippen molar-refractivity contribution in [3.8, 4) is 0 Å². The number of unbranched alkanes of at least 4 members (excludes halogenated alkanes) is 38. The van der Waals surface area contributed by atoms with E-state index in [9.17, 15) is 30.3 Å². The van der Waals surface area contributed by atoms with Gasteiger partial charge in [-0.1, -0.05) is 264 Å². The molecule has 376 valence electrons. The van der Waals surface area contributed by atoms with Gasteiger partial charge in [0.05, 0.1) is 25.4 Å². The van der Waals surface area contributed by atoms with Crippen LogP contribution < -0.4 is 5.32 Å². The van der Waals surface area contributed by atoms with Crippen molar-refractivity contribution >= 4 is 5.91 Å². The first-order valence-corrected chi connectivity index (χ1v) is 27.7. The largest absolute Gasteiger partial charge is 0.394 e. The van der Waals surface area contributed by atoms with E-state index >= 15 is 0 Å². The van der Waals surface area contributed by atoms with E-state index in [1.807, 2.05) is 0 Å². The van der Waals surface area contributed by atoms with Crippen molar-refractivity contribution in [3.63, 3.8) is 0 Å². The lowest BCUT2D eigenvalue weighted by Gasteiger charge is -2.40. The number of carbonyl (C=O) groups excluding carboxylic acids is 1. The fourth-order valence-electron chi connectivity index (χ4n) is 9.28. The van der Waals surface area contributed by atoms with Crippen LogP contribution in [0.1, 0.15) is 284 Å². The Labute approximate surface area is 389 Å². The van der Waals surface area contributed by atoms with Crippen LogP contribution in [0.15, 0.2) is 0 Å². The Bertz CT molecular complexity index is 955. The number of aliphatic hydroxyl groups excluding tert-OH is 5. The van der Waals surface area contributed by atoms with Crippen molar-refractivity contribution in [1.29, 1.82) is 0 Å². The van der Waals surface area contributed by atoms with Crippen LogP contribution >= 0.6 is 0 Å². The molecule has 1 fully saturated rings. The SMILES string of the molecule is CCCCCCCCCCCCCCCCCCCCCCCCCCCCCCC(=O)N[C@@H](CO[C@@H]1O[C@H](CO)[C@H](O)C(O)C1O)[C@H](O)CCCCCCCCCCCCCC. The second-order valence-corrected chi connectivity index (χ2v) is 19.7. The molecule has 0 radical (unpaired) electrons. The Kier molecular flexibility index (Phi) is 43.0. The number of hydrogen-bond donors (Lipinski definition) is 6. The maximum absolute atomic E-state index is 13.0. The van der Waals surface area contributed by atoms with Crippen molar-refractivity contribution in [2.24, 2.45) is 0 Å². The minimum Gasteiger partial charge on any atom is -0.394 e. The minimum atomic E-state index is -1.55. The molecule has 1 rings (SSSR count). The molecule has 0 spiro atoms. The molecule has 0 aliphatic carbocycles. The van der Waals surface area contributed by atoms with Crippen LogP contribution in [-0.2, 0) is 14.3 Å². The Hall–Kier alpha value is -0.810. The van der Waals surface area contributed by atoms with Gasteiger partial charge in [0.15, 0.2) is 6.29 Å². The summed E-state index contributed by atoms with van der Waals surface area (Å²) in [5.41, 5.74) is 0. The summed E-state index contributed by atoms with van der Waals surface area (Å²) >= 11 is 0. The molecule has 1 amide bonds. The number of ether oxygens (including phenoxy) is 2. The second kappa shape index (κ2) is 45.0. The van der Waals surface area contributed by atoms with E-state index in [0.717, 1.165) is 38.5 Å². The standard InChI is InChI=1S/C54H107NO8/c1-3-5-7-9-11-13-15-17-18-19-20-21-22-23-24-25-26-27-28-29-30-31-32-34-36-38-40-42-44-50(58)55-47(46-62-54-53(61)52(60)51(59)49(45-56)63-54)48(57)43-41-39-37-35-33-16-14-12-10-8-6-4-2/h47-49,51-54,56-57,59-61H,3-46H2,1-2H3,(H,55,58)/t47-,48+,49+,51-,52?,53?,54+/m0/s1. The fourth-order valence-corrected chi connectivity index (χ4v) is 9.28. The van der Waals surface area contributed by atoms with Gasteiger partial charge in [-0.15, -0.1) is 0 Å². The highest BCUT2D eigenvalue weighted by Crippen LogP contribution is 2.23. The van der Waals surface area contributed by atoms with Gasteiger partial charge in [-0.05, 0) is 12.8 Å². The average molecular weight is 898 g/mol. The molecule has 2 unspecified atom stereocenters. The van der Waals surface area contributed by atoms with Gasteiger partial charge in [0.1, 0.15) is 24.4 Å². The molecule has 0 bridgehead atoms. The summed E-state index contributed by atoms with van der Waals surface area (Å²) in [5, 5.41) is 54.5. The molecule has 0 aromatic carbocycles. The molecule has 0 aromatic heterocycles. The monoisotopic (exact) mass is 898 g/mol. The molecule has 7 atom stereocenters. The number of rotatable bonds is 48. The van der Waals surface area contributed by atoms with Crippen LogP contribution in [0.4, 0.5) is 0 Å². The predicted molar refractivity (Wildman–Crippen MR) is 263 cm³/mol. The van der Waals surface area contributed by atoms with E-state index in [2.05, 4.69) is 19.2 Å². The van der Waals surface area contributed by atoms with E-state index in [4.69, 9.17) is 9.47 Å². The number of amides is 1. The molecule has 9 nitrogen and oxygen atoms in total. The Morgan fingerprint density at radius 3 is 1.13 bits per heavy atom. The van der Waals surface area contributed by atoms with E-state index in [0.29, 0.717) is 12.8 Å². The lowest BCUT2D eigenvalue weighted by molar-refractivity contribution is -0.302. The molecule has 1 aliphatic rings. The molecule has 1 heterocycles. The zero-order valence-electron chi connectivity index (χ0n) is 41.6. The van der Waals surface area contributed by atoms with Crippen molar-refractivity contribution in [2.45, 2.75) is 326 Å². The van der Waals surface area contributed by atoms with Crippen molar-refractivity contribution < 1.29 is 39.8 Å². The van der Waals surface area contributed by atoms with Gasteiger partial charge in [0.25, 0.3) is 0 Å². The average Bonchev–Trinajstić information content (AvgIpc) is 3.28. The first-order valence-electron chi connectivity index (χ1n) is 27.7. The molecule has 1 aliphatic heterocycles. The van der Waals surface area contributed by atoms with Gasteiger partial charge >= 0.3 is 0 Å². The van der Waals surface area contributed by atoms with Crippen molar-refractivity contribution in [3.05, 3.63) is 0 Å². The zero-order chi connectivity index (χ0) is 45.9. The van der Waals surface area contributed by atoms with Gasteiger partial charge in [-0.25, -0.2) is 0 Å². The molecule has 9 heteroatoms. The fraction of sp³-hybridized carbons (Fsp3) is 0.981. The van der Waals surface area contributed by atoms with Crippen LogP contribution in [0.25, 0.3) is 0 Å². The molecule has 0 saturated carbocycles. The lowest BCUT2D eigenvalue weighted by atomic mass is 9.99. The van der Waals surface area contributed by atoms with Crippen LogP contribution in [-0.4, -0.2) is 87.5 Å². The van der Waals surface area contributed by atoms with Crippen molar-refractivity contribution in [2.75, 3.05) is 13.2 Å². The maximum atomic E-state index is 13.0. The van der Waals surface area contributed by atoms with Gasteiger partial charge in [-0.3, -0.25) is 4.79 Å². The number of aliphatic hydroxyl groups is 5. The third-order valence-corrected chi connectivity index (χ3v) is 13.7. The highest BCUT2D eigenvalue weighted by atomic mass is 16.7. The topological polar surface area (TPSA) is 149 Å². The Morgan fingerprint density at radius 2 is 0.794 bits per heavy atom. The molecule has 1 saturated heterocycles. The Balaban J connectivity index is 2.12. The summed E-state index contributed by atoms with van der Waals surface area (Å²) in [7, 11) is 0. The number of hydrogen-bond acceptors (Lipinski definition) is 8. The molecular weight excluding hydrogens is 791 g/mol. The van der Waals surface area contributed by atoms with E-state index in [1.165, 1.54) is 218 Å². The highest BCUT2D eigenvalue weighted by Gasteiger charge is 2.44. The molecule has 0 aromatic rings. The predicted octanol–water partition coefficient (Wildman–Crippen LogP) is 13.1. The summed E-state index contributed by atoms with van der Waals surface area (Å²) in [4.78, 5) is 13.0. The molecular formula is C54H107NO8.